The number of nitrogens with zero attached hydrogens (tertiary/aromatic N) is 1. The largest absolute Gasteiger partial charge is 0.387 e. The monoisotopic (exact) mass is 212 g/mol. The van der Waals surface area contributed by atoms with E-state index in [1.807, 2.05) is 6.07 Å². The zero-order valence-corrected chi connectivity index (χ0v) is 8.80. The number of hydrogen-bond donors (Lipinski definition) is 2. The number of halogens is 1. The molecule has 0 saturated carbocycles. The molecule has 4 heteroatoms. The van der Waals surface area contributed by atoms with Gasteiger partial charge in [-0.05, 0) is 30.9 Å². The average Bonchev–Trinajstić information content (AvgIpc) is 2.17. The summed E-state index contributed by atoms with van der Waals surface area (Å²) in [6, 6.07) is 1.90. The van der Waals surface area contributed by atoms with Crippen LogP contribution < -0.4 is 5.32 Å². The van der Waals surface area contributed by atoms with Gasteiger partial charge in [-0.2, -0.15) is 0 Å². The quantitative estimate of drug-likeness (QED) is 0.750. The van der Waals surface area contributed by atoms with E-state index in [2.05, 4.69) is 10.3 Å². The van der Waals surface area contributed by atoms with Crippen molar-refractivity contribution in [3.8, 4) is 0 Å². The molecule has 0 radical (unpaired) electrons. The van der Waals surface area contributed by atoms with Crippen LogP contribution in [0.5, 0.6) is 0 Å². The van der Waals surface area contributed by atoms with E-state index in [1.165, 1.54) is 0 Å². The lowest BCUT2D eigenvalue weighted by Crippen LogP contribution is -2.12. The fourth-order valence-electron chi connectivity index (χ4n) is 1.83. The smallest absolute Gasteiger partial charge is 0.144 e. The van der Waals surface area contributed by atoms with Gasteiger partial charge in [-0.25, -0.2) is 4.98 Å². The number of aliphatic hydroxyl groups excluding tert-OH is 1. The molecular weight excluding hydrogens is 200 g/mol. The van der Waals surface area contributed by atoms with E-state index in [4.69, 9.17) is 11.6 Å². The SMILES string of the molecule is CNc1nc2c(cc1Cl)CCCC2O. The van der Waals surface area contributed by atoms with Crippen LogP contribution >= 0.6 is 11.6 Å². The van der Waals surface area contributed by atoms with Gasteiger partial charge in [0.15, 0.2) is 0 Å². The molecule has 1 aromatic heterocycles. The number of aryl methyl sites for hydroxylation is 1. The van der Waals surface area contributed by atoms with Crippen molar-refractivity contribution < 1.29 is 5.11 Å². The minimum atomic E-state index is -0.428. The third-order valence-electron chi connectivity index (χ3n) is 2.56. The maximum Gasteiger partial charge on any atom is 0.144 e. The van der Waals surface area contributed by atoms with E-state index in [-0.39, 0.29) is 0 Å². The van der Waals surface area contributed by atoms with E-state index in [0.717, 1.165) is 30.5 Å². The Labute approximate surface area is 88.1 Å². The summed E-state index contributed by atoms with van der Waals surface area (Å²) < 4.78 is 0. The molecule has 1 aliphatic carbocycles. The summed E-state index contributed by atoms with van der Waals surface area (Å²) in [6.45, 7) is 0. The number of aliphatic hydroxyl groups is 1. The van der Waals surface area contributed by atoms with Gasteiger partial charge in [-0.15, -0.1) is 0 Å². The Bertz CT molecular complexity index is 354. The van der Waals surface area contributed by atoms with Crippen LogP contribution in [-0.4, -0.2) is 17.1 Å². The van der Waals surface area contributed by atoms with Crippen LogP contribution in [0.4, 0.5) is 5.82 Å². The van der Waals surface area contributed by atoms with Crippen molar-refractivity contribution >= 4 is 17.4 Å². The molecule has 0 fully saturated rings. The number of pyridine rings is 1. The molecule has 0 spiro atoms. The van der Waals surface area contributed by atoms with Crippen LogP contribution in [0.3, 0.4) is 0 Å². The van der Waals surface area contributed by atoms with Crippen LogP contribution in [0.1, 0.15) is 30.2 Å². The Morgan fingerprint density at radius 1 is 1.64 bits per heavy atom. The second kappa shape index (κ2) is 3.75. The van der Waals surface area contributed by atoms with Crippen LogP contribution in [0, 0.1) is 0 Å². The van der Waals surface area contributed by atoms with E-state index in [1.54, 1.807) is 7.05 Å². The molecule has 14 heavy (non-hydrogen) atoms. The first-order valence-corrected chi connectivity index (χ1v) is 5.15. The highest BCUT2D eigenvalue weighted by Crippen LogP contribution is 2.32. The molecule has 1 unspecified atom stereocenters. The zero-order valence-electron chi connectivity index (χ0n) is 8.05. The Hall–Kier alpha value is -0.800. The molecule has 76 valence electrons. The van der Waals surface area contributed by atoms with E-state index < -0.39 is 6.10 Å². The normalized spacial score (nSPS) is 20.4. The highest BCUT2D eigenvalue weighted by atomic mass is 35.5. The van der Waals surface area contributed by atoms with Crippen LogP contribution in [0.2, 0.25) is 5.02 Å². The highest BCUT2D eigenvalue weighted by molar-refractivity contribution is 6.33. The molecule has 1 heterocycles. The molecule has 0 amide bonds. The van der Waals surface area contributed by atoms with Crippen molar-refractivity contribution in [2.75, 3.05) is 12.4 Å². The molecule has 1 aromatic rings. The zero-order chi connectivity index (χ0) is 10.1. The molecule has 0 bridgehead atoms. The first kappa shape index (κ1) is 9.74. The maximum atomic E-state index is 9.74. The molecule has 2 N–H and O–H groups in total. The lowest BCUT2D eigenvalue weighted by atomic mass is 9.94. The van der Waals surface area contributed by atoms with Gasteiger partial charge in [0.1, 0.15) is 5.82 Å². The Morgan fingerprint density at radius 3 is 3.14 bits per heavy atom. The molecule has 0 saturated heterocycles. The van der Waals surface area contributed by atoms with E-state index in [9.17, 15) is 5.11 Å². The fraction of sp³-hybridized carbons (Fsp3) is 0.500. The van der Waals surface area contributed by atoms with Crippen molar-refractivity contribution in [2.24, 2.45) is 0 Å². The van der Waals surface area contributed by atoms with Gasteiger partial charge < -0.3 is 10.4 Å². The van der Waals surface area contributed by atoms with Crippen molar-refractivity contribution in [3.05, 3.63) is 22.3 Å². The Morgan fingerprint density at radius 2 is 2.43 bits per heavy atom. The van der Waals surface area contributed by atoms with Crippen molar-refractivity contribution in [3.63, 3.8) is 0 Å². The number of anilines is 1. The van der Waals surface area contributed by atoms with Crippen molar-refractivity contribution in [1.29, 1.82) is 0 Å². The first-order chi connectivity index (χ1) is 6.72. The van der Waals surface area contributed by atoms with Crippen LogP contribution in [0.15, 0.2) is 6.07 Å². The van der Waals surface area contributed by atoms with Gasteiger partial charge in [-0.1, -0.05) is 11.6 Å². The summed E-state index contributed by atoms with van der Waals surface area (Å²) in [6.07, 6.45) is 2.34. The minimum absolute atomic E-state index is 0.428. The number of aromatic nitrogens is 1. The average molecular weight is 213 g/mol. The topological polar surface area (TPSA) is 45.2 Å². The Kier molecular flexibility index (Phi) is 2.61. The molecular formula is C10H13ClN2O. The molecule has 0 aliphatic heterocycles. The number of nitrogens with one attached hydrogen (secondary N) is 1. The lowest BCUT2D eigenvalue weighted by molar-refractivity contribution is 0.151. The summed E-state index contributed by atoms with van der Waals surface area (Å²) in [5.74, 6) is 0.645. The van der Waals surface area contributed by atoms with Gasteiger partial charge in [-0.3, -0.25) is 0 Å². The lowest BCUT2D eigenvalue weighted by Gasteiger charge is -2.21. The Balaban J connectivity index is 2.49. The van der Waals surface area contributed by atoms with Gasteiger partial charge in [0, 0.05) is 7.05 Å². The standard InChI is InChI=1S/C10H13ClN2O/c1-12-10-7(11)5-6-3-2-4-8(14)9(6)13-10/h5,8,14H,2-4H2,1H3,(H,12,13). The second-order valence-corrected chi connectivity index (χ2v) is 3.93. The third-order valence-corrected chi connectivity index (χ3v) is 2.85. The van der Waals surface area contributed by atoms with Gasteiger partial charge in [0.25, 0.3) is 0 Å². The number of hydrogen-bond acceptors (Lipinski definition) is 3. The summed E-state index contributed by atoms with van der Waals surface area (Å²) in [4.78, 5) is 4.32. The first-order valence-electron chi connectivity index (χ1n) is 4.77. The fourth-order valence-corrected chi connectivity index (χ4v) is 2.10. The second-order valence-electron chi connectivity index (χ2n) is 3.52. The molecule has 2 rings (SSSR count). The van der Waals surface area contributed by atoms with Crippen molar-refractivity contribution in [2.45, 2.75) is 25.4 Å². The third kappa shape index (κ3) is 1.57. The van der Waals surface area contributed by atoms with E-state index >= 15 is 0 Å². The van der Waals surface area contributed by atoms with Crippen LogP contribution in [0.25, 0.3) is 0 Å². The summed E-state index contributed by atoms with van der Waals surface area (Å²) >= 11 is 6.00. The summed E-state index contributed by atoms with van der Waals surface area (Å²) in [5, 5.41) is 13.3. The molecule has 1 atom stereocenters. The molecule has 0 aromatic carbocycles. The number of fused-ring (bicyclic) bond motifs is 1. The van der Waals surface area contributed by atoms with E-state index in [0.29, 0.717) is 10.8 Å². The predicted molar refractivity (Wildman–Crippen MR) is 56.7 cm³/mol. The molecule has 3 nitrogen and oxygen atoms in total. The van der Waals surface area contributed by atoms with Crippen molar-refractivity contribution in [1.82, 2.24) is 4.98 Å². The minimum Gasteiger partial charge on any atom is -0.387 e. The maximum absolute atomic E-state index is 9.74. The number of rotatable bonds is 1. The van der Waals surface area contributed by atoms with Gasteiger partial charge >= 0.3 is 0 Å². The van der Waals surface area contributed by atoms with Crippen LogP contribution in [-0.2, 0) is 6.42 Å². The summed E-state index contributed by atoms with van der Waals surface area (Å²) in [7, 11) is 1.77. The van der Waals surface area contributed by atoms with Gasteiger partial charge in [0.05, 0.1) is 16.8 Å². The van der Waals surface area contributed by atoms with Gasteiger partial charge in [0.2, 0.25) is 0 Å². The highest BCUT2D eigenvalue weighted by Gasteiger charge is 2.21. The summed E-state index contributed by atoms with van der Waals surface area (Å²) in [5.41, 5.74) is 1.86. The predicted octanol–water partition coefficient (Wildman–Crippen LogP) is 2.15. The molecule has 1 aliphatic rings.